The number of rotatable bonds is 6. The minimum atomic E-state index is -3.41. The van der Waals surface area contributed by atoms with Crippen LogP contribution in [0.2, 0.25) is 0 Å². The van der Waals surface area contributed by atoms with Gasteiger partial charge in [0.15, 0.2) is 0 Å². The molecule has 2 N–H and O–H groups in total. The third-order valence-electron chi connectivity index (χ3n) is 4.16. The van der Waals surface area contributed by atoms with Gasteiger partial charge in [-0.1, -0.05) is 13.0 Å². The number of sulfonamides is 1. The highest BCUT2D eigenvalue weighted by Crippen LogP contribution is 2.37. The van der Waals surface area contributed by atoms with E-state index in [4.69, 9.17) is 0 Å². The number of nitrogens with one attached hydrogen (secondary N) is 2. The van der Waals surface area contributed by atoms with Crippen LogP contribution in [0.25, 0.3) is 0 Å². The van der Waals surface area contributed by atoms with Crippen LogP contribution in [0, 0.1) is 25.7 Å². The molecule has 0 saturated heterocycles. The maximum Gasteiger partial charge on any atom is 0.240 e. The predicted octanol–water partition coefficient (Wildman–Crippen LogP) is 1.96. The van der Waals surface area contributed by atoms with Crippen molar-refractivity contribution in [3.05, 3.63) is 28.8 Å². The quantitative estimate of drug-likeness (QED) is 0.843. The molecule has 2 unspecified atom stereocenters. The average Bonchev–Trinajstić information content (AvgIpc) is 3.07. The molecular weight excluding hydrogens is 272 g/mol. The number of hydrogen-bond acceptors (Lipinski definition) is 3. The lowest BCUT2D eigenvalue weighted by Crippen LogP contribution is -2.27. The van der Waals surface area contributed by atoms with Gasteiger partial charge < -0.3 is 5.32 Å². The summed E-state index contributed by atoms with van der Waals surface area (Å²) in [5.41, 5.74) is 2.84. The molecule has 0 aliphatic heterocycles. The molecular formula is C15H24N2O2S. The van der Waals surface area contributed by atoms with Crippen LogP contribution in [0.1, 0.15) is 30.0 Å². The monoisotopic (exact) mass is 296 g/mol. The summed E-state index contributed by atoms with van der Waals surface area (Å²) in [7, 11) is -1.55. The van der Waals surface area contributed by atoms with Crippen LogP contribution in [0.3, 0.4) is 0 Å². The van der Waals surface area contributed by atoms with Gasteiger partial charge in [0, 0.05) is 13.1 Å². The van der Waals surface area contributed by atoms with Crippen molar-refractivity contribution in [2.75, 3.05) is 13.6 Å². The highest BCUT2D eigenvalue weighted by molar-refractivity contribution is 7.89. The zero-order valence-corrected chi connectivity index (χ0v) is 13.5. The van der Waals surface area contributed by atoms with Crippen LogP contribution in [0.4, 0.5) is 0 Å². The lowest BCUT2D eigenvalue weighted by Gasteiger charge is -2.13. The van der Waals surface area contributed by atoms with E-state index in [0.717, 1.165) is 23.1 Å². The molecule has 20 heavy (non-hydrogen) atoms. The molecule has 0 radical (unpaired) electrons. The molecule has 1 aliphatic carbocycles. The minimum Gasteiger partial charge on any atom is -0.316 e. The van der Waals surface area contributed by atoms with Gasteiger partial charge in [-0.2, -0.15) is 0 Å². The Labute approximate surface area is 122 Å². The molecule has 1 fully saturated rings. The normalized spacial score (nSPS) is 22.0. The topological polar surface area (TPSA) is 58.2 Å². The molecule has 0 heterocycles. The first-order chi connectivity index (χ1) is 9.35. The summed E-state index contributed by atoms with van der Waals surface area (Å²) in [6.07, 6.45) is 1.13. The smallest absolute Gasteiger partial charge is 0.240 e. The zero-order chi connectivity index (χ0) is 14.9. The van der Waals surface area contributed by atoms with Crippen molar-refractivity contribution in [2.45, 2.75) is 38.6 Å². The van der Waals surface area contributed by atoms with Crippen LogP contribution in [0.5, 0.6) is 0 Å². The van der Waals surface area contributed by atoms with E-state index < -0.39 is 10.0 Å². The van der Waals surface area contributed by atoms with Gasteiger partial charge in [-0.3, -0.25) is 0 Å². The van der Waals surface area contributed by atoms with Crippen molar-refractivity contribution in [1.82, 2.24) is 10.0 Å². The Morgan fingerprint density at radius 3 is 2.50 bits per heavy atom. The van der Waals surface area contributed by atoms with Gasteiger partial charge in [-0.25, -0.2) is 13.1 Å². The lowest BCUT2D eigenvalue weighted by atomic mass is 10.1. The summed E-state index contributed by atoms with van der Waals surface area (Å²) in [5, 5.41) is 3.06. The molecule has 0 amide bonds. The number of hydrogen-bond donors (Lipinski definition) is 2. The molecule has 5 heteroatoms. The second-order valence-electron chi connectivity index (χ2n) is 5.89. The summed E-state index contributed by atoms with van der Waals surface area (Å²) >= 11 is 0. The van der Waals surface area contributed by atoms with E-state index in [0.29, 0.717) is 29.8 Å². The molecule has 0 spiro atoms. The van der Waals surface area contributed by atoms with E-state index in [1.165, 1.54) is 0 Å². The van der Waals surface area contributed by atoms with Gasteiger partial charge in [0.05, 0.1) is 4.90 Å². The molecule has 1 aliphatic rings. The molecule has 4 nitrogen and oxygen atoms in total. The van der Waals surface area contributed by atoms with E-state index >= 15 is 0 Å². The summed E-state index contributed by atoms with van der Waals surface area (Å²) in [5.74, 6) is 1.16. The molecule has 1 saturated carbocycles. The fraction of sp³-hybridized carbons (Fsp3) is 0.600. The molecule has 1 aromatic rings. The summed E-state index contributed by atoms with van der Waals surface area (Å²) < 4.78 is 27.7. The third kappa shape index (κ3) is 3.40. The predicted molar refractivity (Wildman–Crippen MR) is 81.1 cm³/mol. The van der Waals surface area contributed by atoms with E-state index in [9.17, 15) is 8.42 Å². The Morgan fingerprint density at radius 2 is 1.95 bits per heavy atom. The molecule has 2 rings (SSSR count). The fourth-order valence-corrected chi connectivity index (χ4v) is 3.92. The van der Waals surface area contributed by atoms with Crippen LogP contribution < -0.4 is 10.0 Å². The van der Waals surface area contributed by atoms with Crippen LogP contribution >= 0.6 is 0 Å². The van der Waals surface area contributed by atoms with E-state index in [2.05, 4.69) is 17.0 Å². The van der Waals surface area contributed by atoms with E-state index in [1.54, 1.807) is 6.07 Å². The maximum absolute atomic E-state index is 12.5. The highest BCUT2D eigenvalue weighted by Gasteiger charge is 2.33. The van der Waals surface area contributed by atoms with Crippen LogP contribution in [0.15, 0.2) is 17.0 Å². The molecule has 0 aromatic heterocycles. The third-order valence-corrected chi connectivity index (χ3v) is 5.71. The van der Waals surface area contributed by atoms with E-state index in [-0.39, 0.29) is 0 Å². The standard InChI is InChI=1S/C15H24N2O2S/c1-10-5-13(8-16-4)7-15(12(10)3)20(18,19)17-9-14-6-11(14)2/h5,7,11,14,16-17H,6,8-9H2,1-4H3. The van der Waals surface area contributed by atoms with Gasteiger partial charge in [-0.05, 0) is 61.9 Å². The second kappa shape index (κ2) is 5.84. The zero-order valence-electron chi connectivity index (χ0n) is 12.7. The first-order valence-electron chi connectivity index (χ1n) is 7.09. The van der Waals surface area contributed by atoms with Gasteiger partial charge in [0.25, 0.3) is 0 Å². The number of benzene rings is 1. The number of aryl methyl sites for hydroxylation is 1. The van der Waals surface area contributed by atoms with Gasteiger partial charge in [0.2, 0.25) is 10.0 Å². The molecule has 112 valence electrons. The van der Waals surface area contributed by atoms with Crippen molar-refractivity contribution in [2.24, 2.45) is 11.8 Å². The first-order valence-corrected chi connectivity index (χ1v) is 8.58. The van der Waals surface area contributed by atoms with Crippen molar-refractivity contribution in [3.8, 4) is 0 Å². The first kappa shape index (κ1) is 15.5. The molecule has 1 aromatic carbocycles. The van der Waals surface area contributed by atoms with Crippen molar-refractivity contribution in [3.63, 3.8) is 0 Å². The molecule has 2 atom stereocenters. The highest BCUT2D eigenvalue weighted by atomic mass is 32.2. The lowest BCUT2D eigenvalue weighted by molar-refractivity contribution is 0.573. The fourth-order valence-electron chi connectivity index (χ4n) is 2.46. The second-order valence-corrected chi connectivity index (χ2v) is 7.63. The largest absolute Gasteiger partial charge is 0.316 e. The summed E-state index contributed by atoms with van der Waals surface area (Å²) in [4.78, 5) is 0.413. The average molecular weight is 296 g/mol. The Bertz CT molecular complexity index is 596. The SMILES string of the molecule is CNCc1cc(C)c(C)c(S(=O)(=O)NCC2CC2C)c1. The van der Waals surface area contributed by atoms with Gasteiger partial charge >= 0.3 is 0 Å². The summed E-state index contributed by atoms with van der Waals surface area (Å²) in [6.45, 7) is 7.20. The van der Waals surface area contributed by atoms with E-state index in [1.807, 2.05) is 27.0 Å². The van der Waals surface area contributed by atoms with Crippen molar-refractivity contribution in [1.29, 1.82) is 0 Å². The van der Waals surface area contributed by atoms with Crippen LogP contribution in [-0.4, -0.2) is 22.0 Å². The van der Waals surface area contributed by atoms with Crippen LogP contribution in [-0.2, 0) is 16.6 Å². The Kier molecular flexibility index (Phi) is 4.52. The van der Waals surface area contributed by atoms with Gasteiger partial charge in [-0.15, -0.1) is 0 Å². The Hall–Kier alpha value is -0.910. The Balaban J connectivity index is 2.24. The maximum atomic E-state index is 12.5. The van der Waals surface area contributed by atoms with Crippen molar-refractivity contribution < 1.29 is 8.42 Å². The molecule has 0 bridgehead atoms. The van der Waals surface area contributed by atoms with Gasteiger partial charge in [0.1, 0.15) is 0 Å². The van der Waals surface area contributed by atoms with Crippen molar-refractivity contribution >= 4 is 10.0 Å². The summed E-state index contributed by atoms with van der Waals surface area (Å²) in [6, 6.07) is 3.81. The minimum absolute atomic E-state index is 0.413. The Morgan fingerprint density at radius 1 is 1.30 bits per heavy atom.